The van der Waals surface area contributed by atoms with E-state index in [1.165, 1.54) is 0 Å². The molecule has 0 fully saturated rings. The summed E-state index contributed by atoms with van der Waals surface area (Å²) in [6.07, 6.45) is 5.84. The molecule has 6 nitrogen and oxygen atoms in total. The van der Waals surface area contributed by atoms with Crippen molar-refractivity contribution in [2.75, 3.05) is 13.2 Å². The van der Waals surface area contributed by atoms with Crippen LogP contribution in [-0.4, -0.2) is 45.7 Å². The first-order valence-corrected chi connectivity index (χ1v) is 11.1. The van der Waals surface area contributed by atoms with Crippen molar-refractivity contribution >= 4 is 5.97 Å². The van der Waals surface area contributed by atoms with Crippen LogP contribution in [0.2, 0.25) is 0 Å². The Morgan fingerprint density at radius 2 is 2.03 bits per heavy atom. The van der Waals surface area contributed by atoms with Crippen molar-refractivity contribution in [2.45, 2.75) is 71.3 Å². The third-order valence-corrected chi connectivity index (χ3v) is 5.98. The number of aromatic hydroxyl groups is 2. The fourth-order valence-corrected chi connectivity index (χ4v) is 4.24. The third-order valence-electron chi connectivity index (χ3n) is 5.98. The number of unbranched alkanes of at least 4 members (excludes halogenated alkanes) is 2. The van der Waals surface area contributed by atoms with Crippen LogP contribution in [0.4, 0.5) is 0 Å². The lowest BCUT2D eigenvalue weighted by molar-refractivity contribution is 0.00902. The smallest absolute Gasteiger partial charge is 0.342 e. The Kier molecular flexibility index (Phi) is 9.14. The normalized spacial score (nSPS) is 19.6. The van der Waals surface area contributed by atoms with E-state index in [1.807, 2.05) is 19.9 Å². The van der Waals surface area contributed by atoms with Gasteiger partial charge in [-0.1, -0.05) is 43.6 Å². The van der Waals surface area contributed by atoms with Gasteiger partial charge in [0.15, 0.2) is 0 Å². The Labute approximate surface area is 184 Å². The van der Waals surface area contributed by atoms with Gasteiger partial charge in [-0.3, -0.25) is 0 Å². The molecule has 1 aromatic rings. The number of rotatable bonds is 10. The van der Waals surface area contributed by atoms with Gasteiger partial charge in [0.1, 0.15) is 29.8 Å². The molecule has 1 unspecified atom stereocenters. The van der Waals surface area contributed by atoms with E-state index in [4.69, 9.17) is 9.84 Å². The Bertz CT molecular complexity index is 826. The first-order chi connectivity index (χ1) is 14.7. The minimum absolute atomic E-state index is 0.0196. The number of aliphatic hydroxyl groups is 2. The molecule has 0 saturated heterocycles. The molecular weight excluding hydrogens is 396 g/mol. The second kappa shape index (κ2) is 11.3. The number of benzene rings is 1. The lowest BCUT2D eigenvalue weighted by Crippen LogP contribution is -2.23. The minimum Gasteiger partial charge on any atom is -0.507 e. The summed E-state index contributed by atoms with van der Waals surface area (Å²) in [7, 11) is 0. The zero-order valence-electron chi connectivity index (χ0n) is 18.9. The van der Waals surface area contributed by atoms with Crippen molar-refractivity contribution in [1.82, 2.24) is 0 Å². The number of hydrogen-bond donors (Lipinski definition) is 4. The number of hydrogen-bond acceptors (Lipinski definition) is 6. The summed E-state index contributed by atoms with van der Waals surface area (Å²) >= 11 is 0. The molecule has 0 saturated carbocycles. The monoisotopic (exact) mass is 432 g/mol. The van der Waals surface area contributed by atoms with Crippen molar-refractivity contribution in [3.05, 3.63) is 46.6 Å². The van der Waals surface area contributed by atoms with Gasteiger partial charge in [-0.15, -0.1) is 0 Å². The van der Waals surface area contributed by atoms with E-state index in [-0.39, 0.29) is 35.5 Å². The molecule has 1 aromatic carbocycles. The largest absolute Gasteiger partial charge is 0.507 e. The van der Waals surface area contributed by atoms with Crippen LogP contribution in [0.5, 0.6) is 11.5 Å². The van der Waals surface area contributed by atoms with Gasteiger partial charge in [-0.05, 0) is 57.1 Å². The number of aryl methyl sites for hydroxylation is 1. The van der Waals surface area contributed by atoms with Gasteiger partial charge >= 0.3 is 5.97 Å². The van der Waals surface area contributed by atoms with E-state index in [0.717, 1.165) is 43.3 Å². The summed E-state index contributed by atoms with van der Waals surface area (Å²) in [6, 6.07) is 1.55. The van der Waals surface area contributed by atoms with Crippen molar-refractivity contribution in [1.29, 1.82) is 0 Å². The molecular formula is C25H36O6. The van der Waals surface area contributed by atoms with Crippen molar-refractivity contribution < 1.29 is 30.0 Å². The number of aliphatic hydroxyl groups excluding tert-OH is 2. The van der Waals surface area contributed by atoms with Crippen molar-refractivity contribution in [3.63, 3.8) is 0 Å². The standard InChI is InChI=1S/C25H36O6/c1-5-6-7-8-17-12-21(28)23(20-11-16(4)9-10-19(20)15(2)3)24(29)22(17)25(30)31-14-18(27)13-26/h11-12,18-20,26-29H,2,5-10,13-14H2,1,3-4H3/t18?,19-,20+/m0/s1. The summed E-state index contributed by atoms with van der Waals surface area (Å²) in [6.45, 7) is 9.19. The molecule has 31 heavy (non-hydrogen) atoms. The molecule has 0 heterocycles. The topological polar surface area (TPSA) is 107 Å². The molecule has 3 atom stereocenters. The van der Waals surface area contributed by atoms with E-state index in [2.05, 4.69) is 13.5 Å². The van der Waals surface area contributed by atoms with Gasteiger partial charge in [0.05, 0.1) is 6.61 Å². The van der Waals surface area contributed by atoms with Crippen LogP contribution >= 0.6 is 0 Å². The van der Waals surface area contributed by atoms with Gasteiger partial charge in [0.25, 0.3) is 0 Å². The molecule has 0 spiro atoms. The van der Waals surface area contributed by atoms with Crippen LogP contribution in [-0.2, 0) is 11.2 Å². The van der Waals surface area contributed by atoms with Crippen LogP contribution in [0.15, 0.2) is 29.9 Å². The first kappa shape index (κ1) is 25.0. The molecule has 6 heteroatoms. The molecule has 0 radical (unpaired) electrons. The first-order valence-electron chi connectivity index (χ1n) is 11.1. The zero-order valence-corrected chi connectivity index (χ0v) is 18.9. The summed E-state index contributed by atoms with van der Waals surface area (Å²) in [4.78, 5) is 12.9. The third kappa shape index (κ3) is 6.11. The number of esters is 1. The summed E-state index contributed by atoms with van der Waals surface area (Å²) in [5, 5.41) is 40.6. The predicted molar refractivity (Wildman–Crippen MR) is 120 cm³/mol. The van der Waals surface area contributed by atoms with Crippen LogP contribution in [0.3, 0.4) is 0 Å². The maximum Gasteiger partial charge on any atom is 0.342 e. The molecule has 1 aliphatic carbocycles. The number of phenolic OH excluding ortho intramolecular Hbond substituents is 2. The van der Waals surface area contributed by atoms with Gasteiger partial charge in [-0.25, -0.2) is 4.79 Å². The average Bonchev–Trinajstić information content (AvgIpc) is 2.71. The number of ether oxygens (including phenoxy) is 1. The van der Waals surface area contributed by atoms with Crippen LogP contribution in [0, 0.1) is 5.92 Å². The second-order valence-electron chi connectivity index (χ2n) is 8.61. The highest BCUT2D eigenvalue weighted by Gasteiger charge is 2.33. The Hall–Kier alpha value is -2.31. The maximum atomic E-state index is 12.9. The predicted octanol–water partition coefficient (Wildman–Crippen LogP) is 4.36. The lowest BCUT2D eigenvalue weighted by atomic mass is 9.73. The van der Waals surface area contributed by atoms with Gasteiger partial charge < -0.3 is 25.2 Å². The quantitative estimate of drug-likeness (QED) is 0.249. The number of phenols is 2. The zero-order chi connectivity index (χ0) is 23.1. The highest BCUT2D eigenvalue weighted by molar-refractivity contribution is 5.95. The van der Waals surface area contributed by atoms with E-state index in [9.17, 15) is 20.1 Å². The molecule has 2 rings (SSSR count). The van der Waals surface area contributed by atoms with Crippen molar-refractivity contribution in [2.24, 2.45) is 5.92 Å². The number of carbonyl (C=O) groups is 1. The van der Waals surface area contributed by atoms with Crippen LogP contribution < -0.4 is 0 Å². The van der Waals surface area contributed by atoms with E-state index in [1.54, 1.807) is 6.07 Å². The summed E-state index contributed by atoms with van der Waals surface area (Å²) < 4.78 is 5.16. The Morgan fingerprint density at radius 3 is 2.65 bits per heavy atom. The highest BCUT2D eigenvalue weighted by Crippen LogP contribution is 2.48. The van der Waals surface area contributed by atoms with Crippen molar-refractivity contribution in [3.8, 4) is 11.5 Å². The molecule has 0 aromatic heterocycles. The molecule has 1 aliphatic rings. The van der Waals surface area contributed by atoms with E-state index >= 15 is 0 Å². The summed E-state index contributed by atoms with van der Waals surface area (Å²) in [5.74, 6) is -1.37. The highest BCUT2D eigenvalue weighted by atomic mass is 16.5. The average molecular weight is 433 g/mol. The fourth-order valence-electron chi connectivity index (χ4n) is 4.24. The molecule has 0 aliphatic heterocycles. The molecule has 4 N–H and O–H groups in total. The Balaban J connectivity index is 2.55. The molecule has 0 amide bonds. The van der Waals surface area contributed by atoms with Gasteiger partial charge in [0, 0.05) is 11.5 Å². The maximum absolute atomic E-state index is 12.9. The molecule has 0 bridgehead atoms. The van der Waals surface area contributed by atoms with Gasteiger partial charge in [-0.2, -0.15) is 0 Å². The number of carbonyl (C=O) groups excluding carboxylic acids is 1. The van der Waals surface area contributed by atoms with Crippen LogP contribution in [0.25, 0.3) is 0 Å². The molecule has 172 valence electrons. The lowest BCUT2D eigenvalue weighted by Gasteiger charge is -2.32. The second-order valence-corrected chi connectivity index (χ2v) is 8.61. The Morgan fingerprint density at radius 1 is 1.32 bits per heavy atom. The van der Waals surface area contributed by atoms with E-state index in [0.29, 0.717) is 17.5 Å². The number of allylic oxidation sites excluding steroid dienone is 3. The van der Waals surface area contributed by atoms with Crippen LogP contribution in [0.1, 0.15) is 80.3 Å². The minimum atomic E-state index is -1.19. The van der Waals surface area contributed by atoms with Gasteiger partial charge in [0.2, 0.25) is 0 Å². The van der Waals surface area contributed by atoms with E-state index < -0.39 is 18.7 Å². The SMILES string of the molecule is C=C(C)[C@@H]1CCC(C)=C[C@H]1c1c(O)cc(CCCCC)c(C(=O)OCC(O)CO)c1O. The fraction of sp³-hybridized carbons (Fsp3) is 0.560. The summed E-state index contributed by atoms with van der Waals surface area (Å²) in [5.41, 5.74) is 2.95.